The monoisotopic (exact) mass is 518 g/mol. The highest BCUT2D eigenvalue weighted by Gasteiger charge is 2.23. The number of halogens is 1. The van der Waals surface area contributed by atoms with E-state index in [1.165, 1.54) is 18.2 Å². The van der Waals surface area contributed by atoms with Crippen LogP contribution in [0.3, 0.4) is 0 Å². The number of aryl methyl sites for hydroxylation is 2. The number of sulfonamides is 1. The van der Waals surface area contributed by atoms with Crippen LogP contribution < -0.4 is 10.0 Å². The molecular weight excluding hydrogens is 492 g/mol. The number of rotatable bonds is 7. The first-order chi connectivity index (χ1) is 17.2. The largest absolute Gasteiger partial charge is 0.341 e. The van der Waals surface area contributed by atoms with Crippen LogP contribution in [0.15, 0.2) is 95.9 Å². The van der Waals surface area contributed by atoms with Gasteiger partial charge in [0, 0.05) is 5.56 Å². The van der Waals surface area contributed by atoms with Crippen molar-refractivity contribution in [2.75, 3.05) is 4.72 Å². The van der Waals surface area contributed by atoms with Gasteiger partial charge in [-0.15, -0.1) is 0 Å². The van der Waals surface area contributed by atoms with Gasteiger partial charge in [0.2, 0.25) is 0 Å². The Morgan fingerprint density at radius 3 is 2.17 bits per heavy atom. The molecule has 0 heterocycles. The lowest BCUT2D eigenvalue weighted by Gasteiger charge is -2.20. The first-order valence-corrected chi connectivity index (χ1v) is 13.3. The van der Waals surface area contributed by atoms with E-state index in [1.807, 2.05) is 81.4 Å². The minimum atomic E-state index is -4.04. The summed E-state index contributed by atoms with van der Waals surface area (Å²) in [5.74, 6) is -0.413. The SMILES string of the molecule is Cc1ccc([C@@H](NC(=O)c2ccc(Cl)c(S(=O)(=O)Nc3cccc(C)c3C)c2)c2ccccc2)cc1. The van der Waals surface area contributed by atoms with Crippen molar-refractivity contribution in [3.63, 3.8) is 0 Å². The van der Waals surface area contributed by atoms with Gasteiger partial charge in [0.1, 0.15) is 4.90 Å². The van der Waals surface area contributed by atoms with Gasteiger partial charge >= 0.3 is 0 Å². The fraction of sp³-hybridized carbons (Fsp3) is 0.138. The van der Waals surface area contributed by atoms with Crippen LogP contribution in [0.25, 0.3) is 0 Å². The van der Waals surface area contributed by atoms with E-state index < -0.39 is 22.0 Å². The van der Waals surface area contributed by atoms with Gasteiger partial charge in [-0.2, -0.15) is 0 Å². The molecule has 7 heteroatoms. The Labute approximate surface area is 217 Å². The van der Waals surface area contributed by atoms with Crippen molar-refractivity contribution in [1.29, 1.82) is 0 Å². The zero-order chi connectivity index (χ0) is 25.9. The molecule has 1 atom stereocenters. The maximum atomic E-state index is 13.3. The van der Waals surface area contributed by atoms with E-state index in [1.54, 1.807) is 12.1 Å². The predicted octanol–water partition coefficient (Wildman–Crippen LogP) is 6.59. The Bertz CT molecular complexity index is 1500. The summed E-state index contributed by atoms with van der Waals surface area (Å²) in [6.45, 7) is 5.75. The molecule has 0 unspecified atom stereocenters. The van der Waals surface area contributed by atoms with Gasteiger partial charge in [0.05, 0.1) is 16.8 Å². The van der Waals surface area contributed by atoms with Crippen molar-refractivity contribution in [1.82, 2.24) is 5.32 Å². The minimum absolute atomic E-state index is 0.0301. The van der Waals surface area contributed by atoms with Gasteiger partial charge in [-0.3, -0.25) is 9.52 Å². The molecule has 0 aliphatic heterocycles. The smallest absolute Gasteiger partial charge is 0.263 e. The molecule has 4 aromatic carbocycles. The highest BCUT2D eigenvalue weighted by Crippen LogP contribution is 2.28. The molecule has 0 saturated carbocycles. The normalized spacial score (nSPS) is 12.1. The molecule has 5 nitrogen and oxygen atoms in total. The second kappa shape index (κ2) is 10.6. The Kier molecular flexibility index (Phi) is 7.48. The Morgan fingerprint density at radius 1 is 0.806 bits per heavy atom. The Balaban J connectivity index is 1.66. The zero-order valence-electron chi connectivity index (χ0n) is 20.2. The van der Waals surface area contributed by atoms with Crippen molar-refractivity contribution in [2.24, 2.45) is 0 Å². The summed E-state index contributed by atoms with van der Waals surface area (Å²) in [5.41, 5.74) is 5.36. The third-order valence-corrected chi connectivity index (χ3v) is 8.00. The van der Waals surface area contributed by atoms with E-state index in [9.17, 15) is 13.2 Å². The van der Waals surface area contributed by atoms with Gasteiger partial charge in [0.25, 0.3) is 15.9 Å². The average Bonchev–Trinajstić information content (AvgIpc) is 2.86. The van der Waals surface area contributed by atoms with E-state index in [2.05, 4.69) is 10.0 Å². The van der Waals surface area contributed by atoms with Crippen LogP contribution in [0.2, 0.25) is 5.02 Å². The molecule has 0 radical (unpaired) electrons. The molecule has 4 rings (SSSR count). The fourth-order valence-corrected chi connectivity index (χ4v) is 5.54. The third kappa shape index (κ3) is 5.61. The Hall–Kier alpha value is -3.61. The molecule has 0 aromatic heterocycles. The van der Waals surface area contributed by atoms with Gasteiger partial charge in [0.15, 0.2) is 0 Å². The first-order valence-electron chi connectivity index (χ1n) is 11.5. The number of benzene rings is 4. The molecule has 0 spiro atoms. The summed E-state index contributed by atoms with van der Waals surface area (Å²) >= 11 is 6.28. The maximum absolute atomic E-state index is 13.3. The maximum Gasteiger partial charge on any atom is 0.263 e. The molecular formula is C29H27ClN2O3S. The van der Waals surface area contributed by atoms with Gasteiger partial charge in [-0.1, -0.05) is 83.9 Å². The van der Waals surface area contributed by atoms with Crippen LogP contribution in [-0.2, 0) is 10.0 Å². The molecule has 0 fully saturated rings. The third-order valence-electron chi connectivity index (χ3n) is 6.15. The van der Waals surface area contributed by atoms with Crippen LogP contribution in [0.1, 0.15) is 44.2 Å². The highest BCUT2D eigenvalue weighted by molar-refractivity contribution is 7.92. The molecule has 0 aliphatic carbocycles. The summed E-state index contributed by atoms with van der Waals surface area (Å²) < 4.78 is 29.1. The second-order valence-electron chi connectivity index (χ2n) is 8.73. The summed E-state index contributed by atoms with van der Waals surface area (Å²) in [5, 5.41) is 3.08. The number of anilines is 1. The van der Waals surface area contributed by atoms with Crippen molar-refractivity contribution in [3.8, 4) is 0 Å². The lowest BCUT2D eigenvalue weighted by molar-refractivity contribution is 0.0942. The van der Waals surface area contributed by atoms with Crippen molar-refractivity contribution >= 4 is 33.2 Å². The second-order valence-corrected chi connectivity index (χ2v) is 10.8. The number of nitrogens with one attached hydrogen (secondary N) is 2. The van der Waals surface area contributed by atoms with E-state index >= 15 is 0 Å². The lowest BCUT2D eigenvalue weighted by atomic mass is 9.97. The first kappa shape index (κ1) is 25.5. The fourth-order valence-electron chi connectivity index (χ4n) is 3.89. The van der Waals surface area contributed by atoms with E-state index in [-0.39, 0.29) is 15.5 Å². The highest BCUT2D eigenvalue weighted by atomic mass is 35.5. The van der Waals surface area contributed by atoms with Crippen molar-refractivity contribution < 1.29 is 13.2 Å². The van der Waals surface area contributed by atoms with E-state index in [0.29, 0.717) is 5.69 Å². The van der Waals surface area contributed by atoms with Crippen LogP contribution in [0.5, 0.6) is 0 Å². The van der Waals surface area contributed by atoms with Crippen LogP contribution in [-0.4, -0.2) is 14.3 Å². The molecule has 0 saturated heterocycles. The number of carbonyl (C=O) groups is 1. The molecule has 0 aliphatic rings. The van der Waals surface area contributed by atoms with E-state index in [0.717, 1.165) is 27.8 Å². The van der Waals surface area contributed by atoms with Crippen molar-refractivity contribution in [3.05, 3.63) is 129 Å². The standard InChI is InChI=1S/C29H27ClN2O3S/c1-19-12-14-23(15-13-19)28(22-9-5-4-6-10-22)31-29(33)24-16-17-25(30)27(18-24)36(34,35)32-26-11-7-8-20(2)21(26)3/h4-18,28,32H,1-3H3,(H,31,33)/t28-/m0/s1. The van der Waals surface area contributed by atoms with Gasteiger partial charge in [-0.25, -0.2) is 8.42 Å². The summed E-state index contributed by atoms with van der Waals surface area (Å²) in [6, 6.07) is 26.8. The quantitative estimate of drug-likeness (QED) is 0.290. The molecule has 0 bridgehead atoms. The zero-order valence-corrected chi connectivity index (χ0v) is 21.8. The molecule has 36 heavy (non-hydrogen) atoms. The topological polar surface area (TPSA) is 75.3 Å². The molecule has 184 valence electrons. The summed E-state index contributed by atoms with van der Waals surface area (Å²) in [6.07, 6.45) is 0. The number of carbonyl (C=O) groups excluding carboxylic acids is 1. The molecule has 4 aromatic rings. The summed E-state index contributed by atoms with van der Waals surface area (Å²) in [4.78, 5) is 13.2. The number of amides is 1. The minimum Gasteiger partial charge on any atom is -0.341 e. The van der Waals surface area contributed by atoms with E-state index in [4.69, 9.17) is 11.6 Å². The summed E-state index contributed by atoms with van der Waals surface area (Å²) in [7, 11) is -4.04. The molecule has 1 amide bonds. The lowest BCUT2D eigenvalue weighted by Crippen LogP contribution is -2.29. The predicted molar refractivity (Wildman–Crippen MR) is 145 cm³/mol. The van der Waals surface area contributed by atoms with Gasteiger partial charge < -0.3 is 5.32 Å². The van der Waals surface area contributed by atoms with Crippen LogP contribution in [0.4, 0.5) is 5.69 Å². The average molecular weight is 519 g/mol. The van der Waals surface area contributed by atoms with Crippen LogP contribution >= 0.6 is 11.6 Å². The Morgan fingerprint density at radius 2 is 1.47 bits per heavy atom. The molecule has 2 N–H and O–H groups in total. The number of hydrogen-bond donors (Lipinski definition) is 2. The number of hydrogen-bond acceptors (Lipinski definition) is 3. The van der Waals surface area contributed by atoms with Crippen molar-refractivity contribution in [2.45, 2.75) is 31.7 Å². The van der Waals surface area contributed by atoms with Crippen LogP contribution in [0, 0.1) is 20.8 Å². The van der Waals surface area contributed by atoms with Gasteiger partial charge in [-0.05, 0) is 67.3 Å².